The van der Waals surface area contributed by atoms with Crippen LogP contribution >= 0.6 is 24.0 Å². The fourth-order valence-electron chi connectivity index (χ4n) is 5.06. The summed E-state index contributed by atoms with van der Waals surface area (Å²) in [6.07, 6.45) is 3.00. The van der Waals surface area contributed by atoms with E-state index in [1.54, 1.807) is 18.5 Å². The quantitative estimate of drug-likeness (QED) is 0.460. The summed E-state index contributed by atoms with van der Waals surface area (Å²) in [6.45, 7) is 4.74. The highest BCUT2D eigenvalue weighted by molar-refractivity contribution is 6.31. The lowest BCUT2D eigenvalue weighted by atomic mass is 10.0. The van der Waals surface area contributed by atoms with Crippen molar-refractivity contribution in [1.29, 1.82) is 0 Å². The molecule has 9 nitrogen and oxygen atoms in total. The Hall–Kier alpha value is -3.02. The number of aromatic nitrogens is 4. The predicted octanol–water partition coefficient (Wildman–Crippen LogP) is 4.64. The fourth-order valence-corrected chi connectivity index (χ4v) is 5.23. The van der Waals surface area contributed by atoms with Crippen molar-refractivity contribution in [3.8, 4) is 11.1 Å². The van der Waals surface area contributed by atoms with Crippen LogP contribution in [0.3, 0.4) is 0 Å². The first kappa shape index (κ1) is 28.0. The van der Waals surface area contributed by atoms with Gasteiger partial charge in [0.1, 0.15) is 11.3 Å². The molecule has 2 aliphatic rings. The number of alkyl halides is 2. The summed E-state index contributed by atoms with van der Waals surface area (Å²) in [7, 11) is 2.10. The van der Waals surface area contributed by atoms with Gasteiger partial charge in [-0.15, -0.1) is 12.4 Å². The lowest BCUT2D eigenvalue weighted by Crippen LogP contribution is -2.45. The Bertz CT molecular complexity index is 1270. The molecule has 0 amide bonds. The average Bonchev–Trinajstić information content (AvgIpc) is 3.36. The van der Waals surface area contributed by atoms with Gasteiger partial charge in [-0.3, -0.25) is 4.68 Å². The van der Waals surface area contributed by atoms with Gasteiger partial charge in [0.25, 0.3) is 6.43 Å². The number of likely N-dealkylation sites (N-methyl/N-ethyl adjacent to an activating group) is 1. The molecule has 13 heteroatoms. The molecule has 2 aromatic heterocycles. The normalized spacial score (nSPS) is 18.5. The number of carboxylic acids is 1. The molecular formula is C25H29Cl2F2N7O2. The van der Waals surface area contributed by atoms with Crippen LogP contribution in [0.25, 0.3) is 11.1 Å². The zero-order chi connectivity index (χ0) is 26.1. The second kappa shape index (κ2) is 11.8. The third-order valence-corrected chi connectivity index (χ3v) is 7.28. The summed E-state index contributed by atoms with van der Waals surface area (Å²) >= 11 is 6.37. The van der Waals surface area contributed by atoms with Gasteiger partial charge in [0.15, 0.2) is 0 Å². The SMILES string of the molecule is CN1CCN(c2ncc(-c3ccc(Cl)cc3N3CCCC(n4ncc(C(=O)O)c4C(F)F)C3)cn2)CC1.Cl. The van der Waals surface area contributed by atoms with Gasteiger partial charge < -0.3 is 19.8 Å². The Balaban J connectivity index is 0.00000336. The molecule has 0 aliphatic carbocycles. The van der Waals surface area contributed by atoms with Gasteiger partial charge in [-0.2, -0.15) is 5.10 Å². The molecule has 1 unspecified atom stereocenters. The fraction of sp³-hybridized carbons (Fsp3) is 0.440. The van der Waals surface area contributed by atoms with Crippen LogP contribution in [0.4, 0.5) is 20.4 Å². The maximum atomic E-state index is 13.8. The number of hydrogen-bond acceptors (Lipinski definition) is 7. The molecule has 0 saturated carbocycles. The van der Waals surface area contributed by atoms with Crippen molar-refractivity contribution in [3.63, 3.8) is 0 Å². The summed E-state index contributed by atoms with van der Waals surface area (Å²) in [5, 5.41) is 13.9. The van der Waals surface area contributed by atoms with E-state index >= 15 is 0 Å². The minimum Gasteiger partial charge on any atom is -0.478 e. The molecule has 2 saturated heterocycles. The smallest absolute Gasteiger partial charge is 0.339 e. The first-order valence-corrected chi connectivity index (χ1v) is 12.6. The standard InChI is InChI=1S/C25H28ClF2N7O2.ClH/c1-32-7-9-33(10-8-32)25-29-12-16(13-30-25)19-5-4-17(26)11-21(19)34-6-2-3-18(15-34)35-22(23(27)28)20(14-31-35)24(36)37;/h4-5,11-14,18,23H,2-3,6-10,15H2,1H3,(H,36,37);1H. The van der Waals surface area contributed by atoms with Crippen molar-refractivity contribution in [1.82, 2.24) is 24.6 Å². The number of piperidine rings is 1. The molecule has 1 atom stereocenters. The summed E-state index contributed by atoms with van der Waals surface area (Å²) < 4.78 is 28.8. The van der Waals surface area contributed by atoms with Crippen LogP contribution in [0.5, 0.6) is 0 Å². The molecule has 2 fully saturated rings. The Labute approximate surface area is 230 Å². The number of piperazine rings is 1. The summed E-state index contributed by atoms with van der Waals surface area (Å²) in [5.74, 6) is -0.718. The zero-order valence-electron chi connectivity index (χ0n) is 20.8. The number of carboxylic acid groups (broad SMARTS) is 1. The second-order valence-corrected chi connectivity index (χ2v) is 9.90. The van der Waals surface area contributed by atoms with Crippen LogP contribution in [0.2, 0.25) is 5.02 Å². The topological polar surface area (TPSA) is 90.6 Å². The van der Waals surface area contributed by atoms with E-state index in [0.717, 1.165) is 55.6 Å². The Kier molecular flexibility index (Phi) is 8.69. The molecule has 38 heavy (non-hydrogen) atoms. The highest BCUT2D eigenvalue weighted by Crippen LogP contribution is 2.37. The van der Waals surface area contributed by atoms with Crippen molar-refractivity contribution in [3.05, 3.63) is 53.1 Å². The van der Waals surface area contributed by atoms with Gasteiger partial charge in [0.2, 0.25) is 5.95 Å². The monoisotopic (exact) mass is 567 g/mol. The third kappa shape index (κ3) is 5.69. The van der Waals surface area contributed by atoms with Crippen LogP contribution in [-0.4, -0.2) is 82.0 Å². The van der Waals surface area contributed by atoms with Crippen LogP contribution in [0.1, 0.15) is 41.4 Å². The summed E-state index contributed by atoms with van der Waals surface area (Å²) in [6, 6.07) is 5.16. The molecule has 3 aromatic rings. The van der Waals surface area contributed by atoms with Gasteiger partial charge in [-0.25, -0.2) is 23.5 Å². The largest absolute Gasteiger partial charge is 0.478 e. The Morgan fingerprint density at radius 2 is 1.79 bits per heavy atom. The van der Waals surface area contributed by atoms with Gasteiger partial charge in [0.05, 0.1) is 12.2 Å². The molecular weight excluding hydrogens is 539 g/mol. The van der Waals surface area contributed by atoms with Crippen LogP contribution in [0.15, 0.2) is 36.8 Å². The van der Waals surface area contributed by atoms with Crippen molar-refractivity contribution in [2.24, 2.45) is 0 Å². The second-order valence-electron chi connectivity index (χ2n) is 9.46. The maximum Gasteiger partial charge on any atom is 0.339 e. The van der Waals surface area contributed by atoms with E-state index in [4.69, 9.17) is 11.6 Å². The van der Waals surface area contributed by atoms with Crippen molar-refractivity contribution in [2.75, 3.05) is 56.1 Å². The van der Waals surface area contributed by atoms with Gasteiger partial charge >= 0.3 is 5.97 Å². The molecule has 2 aliphatic heterocycles. The van der Waals surface area contributed by atoms with Crippen LogP contribution in [-0.2, 0) is 0 Å². The summed E-state index contributed by atoms with van der Waals surface area (Å²) in [5.41, 5.74) is 1.53. The van der Waals surface area contributed by atoms with E-state index in [0.29, 0.717) is 30.5 Å². The van der Waals surface area contributed by atoms with E-state index in [-0.39, 0.29) is 12.4 Å². The number of aromatic carboxylic acids is 1. The first-order chi connectivity index (χ1) is 17.8. The molecule has 1 aromatic carbocycles. The highest BCUT2D eigenvalue weighted by Gasteiger charge is 2.31. The van der Waals surface area contributed by atoms with E-state index in [9.17, 15) is 18.7 Å². The third-order valence-electron chi connectivity index (χ3n) is 7.05. The number of anilines is 2. The predicted molar refractivity (Wildman–Crippen MR) is 144 cm³/mol. The Morgan fingerprint density at radius 3 is 2.45 bits per heavy atom. The lowest BCUT2D eigenvalue weighted by molar-refractivity contribution is 0.0681. The Morgan fingerprint density at radius 1 is 1.08 bits per heavy atom. The molecule has 0 bridgehead atoms. The molecule has 204 valence electrons. The van der Waals surface area contributed by atoms with Gasteiger partial charge in [0, 0.05) is 73.5 Å². The molecule has 5 rings (SSSR count). The zero-order valence-corrected chi connectivity index (χ0v) is 22.4. The highest BCUT2D eigenvalue weighted by atomic mass is 35.5. The van der Waals surface area contributed by atoms with Gasteiger partial charge in [-0.1, -0.05) is 17.7 Å². The maximum absolute atomic E-state index is 13.8. The molecule has 4 heterocycles. The number of nitrogens with zero attached hydrogens (tertiary/aromatic N) is 7. The van der Waals surface area contributed by atoms with Gasteiger partial charge in [-0.05, 0) is 32.0 Å². The molecule has 1 N–H and O–H groups in total. The van der Waals surface area contributed by atoms with E-state index in [2.05, 4.69) is 36.8 Å². The average molecular weight is 568 g/mol. The minimum atomic E-state index is -2.94. The van der Waals surface area contributed by atoms with Crippen LogP contribution in [0, 0.1) is 0 Å². The van der Waals surface area contributed by atoms with E-state index < -0.39 is 29.7 Å². The lowest BCUT2D eigenvalue weighted by Gasteiger charge is -2.36. The number of hydrogen-bond donors (Lipinski definition) is 1. The van der Waals surface area contributed by atoms with Crippen molar-refractivity contribution >= 4 is 41.6 Å². The van der Waals surface area contributed by atoms with Crippen LogP contribution < -0.4 is 9.80 Å². The van der Waals surface area contributed by atoms with Crippen molar-refractivity contribution < 1.29 is 18.7 Å². The number of rotatable bonds is 6. The summed E-state index contributed by atoms with van der Waals surface area (Å²) in [4.78, 5) is 27.2. The number of carbonyl (C=O) groups is 1. The van der Waals surface area contributed by atoms with E-state index in [1.807, 2.05) is 12.1 Å². The number of halogens is 4. The van der Waals surface area contributed by atoms with Crippen molar-refractivity contribution in [2.45, 2.75) is 25.3 Å². The minimum absolute atomic E-state index is 0. The molecule has 0 spiro atoms. The first-order valence-electron chi connectivity index (χ1n) is 12.2. The number of benzene rings is 1. The van der Waals surface area contributed by atoms with E-state index in [1.165, 1.54) is 4.68 Å². The molecule has 0 radical (unpaired) electrons.